The van der Waals surface area contributed by atoms with Crippen molar-refractivity contribution in [1.29, 1.82) is 0 Å². The molecule has 3 rings (SSSR count). The van der Waals surface area contributed by atoms with Crippen LogP contribution in [0.1, 0.15) is 54.4 Å². The second-order valence-electron chi connectivity index (χ2n) is 6.36. The Kier molecular flexibility index (Phi) is 5.10. The van der Waals surface area contributed by atoms with Gasteiger partial charge in [-0.05, 0) is 73.6 Å². The smallest absolute Gasteiger partial charge is 0.0276 e. The first-order chi connectivity index (χ1) is 10.4. The van der Waals surface area contributed by atoms with Gasteiger partial charge in [0, 0.05) is 0 Å². The Balaban J connectivity index is 1.41. The van der Waals surface area contributed by atoms with Crippen LogP contribution in [0.4, 0.5) is 0 Å². The van der Waals surface area contributed by atoms with Crippen LogP contribution in [0.2, 0.25) is 0 Å². The average Bonchev–Trinajstić information content (AvgIpc) is 2.55. The van der Waals surface area contributed by atoms with Crippen LogP contribution in [-0.4, -0.2) is 0 Å². The molecule has 0 fully saturated rings. The van der Waals surface area contributed by atoms with Crippen LogP contribution in [0.15, 0.2) is 48.5 Å². The van der Waals surface area contributed by atoms with Gasteiger partial charge in [-0.3, -0.25) is 0 Å². The average molecular weight is 278 g/mol. The molecule has 2 aromatic carbocycles. The Labute approximate surface area is 129 Å². The summed E-state index contributed by atoms with van der Waals surface area (Å²) in [6.45, 7) is 0. The van der Waals surface area contributed by atoms with Crippen LogP contribution in [0.5, 0.6) is 0 Å². The largest absolute Gasteiger partial charge is 0.0622 e. The third-order valence-electron chi connectivity index (χ3n) is 4.69. The highest BCUT2D eigenvalue weighted by atomic mass is 14.1. The highest BCUT2D eigenvalue weighted by Crippen LogP contribution is 2.23. The Bertz CT molecular complexity index is 554. The van der Waals surface area contributed by atoms with E-state index in [1.165, 1.54) is 63.4 Å². The van der Waals surface area contributed by atoms with Gasteiger partial charge in [0.05, 0.1) is 0 Å². The molecule has 110 valence electrons. The zero-order valence-corrected chi connectivity index (χ0v) is 13.0. The summed E-state index contributed by atoms with van der Waals surface area (Å²) in [7, 11) is 0. The maximum Gasteiger partial charge on any atom is -0.0276 e. The highest BCUT2D eigenvalue weighted by molar-refractivity contribution is 5.33. The summed E-state index contributed by atoms with van der Waals surface area (Å²) in [5, 5.41) is 0. The molecule has 1 aliphatic rings. The maximum atomic E-state index is 2.48. The molecule has 2 aromatic rings. The van der Waals surface area contributed by atoms with Crippen molar-refractivity contribution in [2.24, 2.45) is 0 Å². The van der Waals surface area contributed by atoms with Crippen molar-refractivity contribution in [3.8, 4) is 0 Å². The first kappa shape index (κ1) is 14.4. The summed E-state index contributed by atoms with van der Waals surface area (Å²) >= 11 is 0. The number of hydrogen-bond acceptors (Lipinski definition) is 0. The number of fused-ring (bicyclic) bond motifs is 1. The molecule has 0 spiro atoms. The first-order valence-electron chi connectivity index (χ1n) is 8.56. The maximum absolute atomic E-state index is 2.48. The van der Waals surface area contributed by atoms with E-state index in [2.05, 4.69) is 48.5 Å². The predicted octanol–water partition coefficient (Wildman–Crippen LogP) is 5.52. The van der Waals surface area contributed by atoms with Crippen molar-refractivity contribution in [2.75, 3.05) is 0 Å². The fraction of sp³-hybridized carbons (Fsp3) is 0.429. The summed E-state index contributed by atoms with van der Waals surface area (Å²) in [4.78, 5) is 0. The number of rotatable bonds is 6. The van der Waals surface area contributed by atoms with Crippen molar-refractivity contribution in [3.05, 3.63) is 70.8 Å². The summed E-state index contributed by atoms with van der Waals surface area (Å²) in [5.74, 6) is 0. The Morgan fingerprint density at radius 1 is 0.619 bits per heavy atom. The summed E-state index contributed by atoms with van der Waals surface area (Å²) in [5.41, 5.74) is 6.26. The second kappa shape index (κ2) is 7.45. The van der Waals surface area contributed by atoms with Crippen molar-refractivity contribution < 1.29 is 0 Å². The third kappa shape index (κ3) is 4.20. The van der Waals surface area contributed by atoms with Gasteiger partial charge in [0.2, 0.25) is 0 Å². The molecule has 21 heavy (non-hydrogen) atoms. The fourth-order valence-corrected chi connectivity index (χ4v) is 3.42. The molecule has 0 N–H and O–H groups in total. The molecule has 0 bridgehead atoms. The molecule has 0 heteroatoms. The topological polar surface area (TPSA) is 0 Å². The highest BCUT2D eigenvalue weighted by Gasteiger charge is 2.09. The van der Waals surface area contributed by atoms with Crippen LogP contribution >= 0.6 is 0 Å². The van der Waals surface area contributed by atoms with Gasteiger partial charge >= 0.3 is 0 Å². The number of hydrogen-bond donors (Lipinski definition) is 0. The quantitative estimate of drug-likeness (QED) is 0.610. The molecule has 0 amide bonds. The summed E-state index contributed by atoms with van der Waals surface area (Å²) in [6.07, 6.45) is 11.8. The van der Waals surface area contributed by atoms with Gasteiger partial charge in [0.1, 0.15) is 0 Å². The van der Waals surface area contributed by atoms with Crippen LogP contribution in [0.3, 0.4) is 0 Å². The molecule has 0 aliphatic heterocycles. The van der Waals surface area contributed by atoms with Crippen molar-refractivity contribution in [1.82, 2.24) is 0 Å². The molecule has 0 heterocycles. The molecule has 0 aromatic heterocycles. The van der Waals surface area contributed by atoms with Gasteiger partial charge in [0.15, 0.2) is 0 Å². The van der Waals surface area contributed by atoms with Crippen molar-refractivity contribution >= 4 is 0 Å². The number of benzene rings is 2. The predicted molar refractivity (Wildman–Crippen MR) is 90.8 cm³/mol. The van der Waals surface area contributed by atoms with E-state index in [1.54, 1.807) is 16.7 Å². The molecule has 0 radical (unpaired) electrons. The van der Waals surface area contributed by atoms with E-state index in [0.29, 0.717) is 0 Å². The monoisotopic (exact) mass is 278 g/mol. The van der Waals surface area contributed by atoms with E-state index in [9.17, 15) is 0 Å². The van der Waals surface area contributed by atoms with E-state index < -0.39 is 0 Å². The Morgan fingerprint density at radius 2 is 1.33 bits per heavy atom. The van der Waals surface area contributed by atoms with Crippen molar-refractivity contribution in [2.45, 2.75) is 57.8 Å². The van der Waals surface area contributed by atoms with Gasteiger partial charge in [0.25, 0.3) is 0 Å². The van der Waals surface area contributed by atoms with E-state index in [4.69, 9.17) is 0 Å². The molecule has 0 nitrogen and oxygen atoms in total. The van der Waals surface area contributed by atoms with Crippen LogP contribution < -0.4 is 0 Å². The van der Waals surface area contributed by atoms with E-state index in [-0.39, 0.29) is 0 Å². The SMILES string of the molecule is c1ccc(CCCCCc2ccc3c(c2)CCCC3)cc1. The lowest BCUT2D eigenvalue weighted by Gasteiger charge is -2.16. The number of unbranched alkanes of at least 4 members (excludes halogenated alkanes) is 2. The van der Waals surface area contributed by atoms with Crippen molar-refractivity contribution in [3.63, 3.8) is 0 Å². The summed E-state index contributed by atoms with van der Waals surface area (Å²) in [6, 6.07) is 18.1. The molecule has 0 unspecified atom stereocenters. The van der Waals surface area contributed by atoms with Gasteiger partial charge in [-0.15, -0.1) is 0 Å². The molecule has 0 saturated carbocycles. The zero-order chi connectivity index (χ0) is 14.3. The zero-order valence-electron chi connectivity index (χ0n) is 13.0. The standard InChI is InChI=1S/C21H26/c1-3-9-18(10-4-1)11-5-2-6-12-19-15-16-20-13-7-8-14-21(20)17-19/h1,3-4,9-10,15-17H,2,5-8,11-14H2. The lowest BCUT2D eigenvalue weighted by Crippen LogP contribution is -2.03. The van der Waals surface area contributed by atoms with E-state index in [1.807, 2.05) is 0 Å². The molecular weight excluding hydrogens is 252 g/mol. The minimum atomic E-state index is 1.23. The van der Waals surface area contributed by atoms with Gasteiger partial charge in [-0.2, -0.15) is 0 Å². The van der Waals surface area contributed by atoms with E-state index in [0.717, 1.165) is 0 Å². The lowest BCUT2D eigenvalue weighted by molar-refractivity contribution is 0.669. The first-order valence-corrected chi connectivity index (χ1v) is 8.56. The normalized spacial score (nSPS) is 13.9. The van der Waals surface area contributed by atoms with Gasteiger partial charge in [-0.1, -0.05) is 55.0 Å². The Hall–Kier alpha value is -1.56. The molecule has 0 saturated heterocycles. The third-order valence-corrected chi connectivity index (χ3v) is 4.69. The van der Waals surface area contributed by atoms with Crippen LogP contribution in [-0.2, 0) is 25.7 Å². The van der Waals surface area contributed by atoms with E-state index >= 15 is 0 Å². The molecular formula is C21H26. The van der Waals surface area contributed by atoms with Crippen LogP contribution in [0, 0.1) is 0 Å². The lowest BCUT2D eigenvalue weighted by atomic mass is 9.89. The number of aryl methyl sites for hydroxylation is 4. The Morgan fingerprint density at radius 3 is 2.14 bits per heavy atom. The molecule has 0 atom stereocenters. The fourth-order valence-electron chi connectivity index (χ4n) is 3.42. The minimum Gasteiger partial charge on any atom is -0.0622 e. The van der Waals surface area contributed by atoms with Gasteiger partial charge < -0.3 is 0 Å². The van der Waals surface area contributed by atoms with Crippen LogP contribution in [0.25, 0.3) is 0 Å². The van der Waals surface area contributed by atoms with Gasteiger partial charge in [-0.25, -0.2) is 0 Å². The summed E-state index contributed by atoms with van der Waals surface area (Å²) < 4.78 is 0. The molecule has 1 aliphatic carbocycles. The second-order valence-corrected chi connectivity index (χ2v) is 6.36. The minimum absolute atomic E-state index is 1.23.